The maximum atomic E-state index is 11.8. The van der Waals surface area contributed by atoms with E-state index in [0.29, 0.717) is 6.42 Å². The van der Waals surface area contributed by atoms with Crippen LogP contribution in [0.2, 0.25) is 0 Å². The van der Waals surface area contributed by atoms with E-state index in [4.69, 9.17) is 4.74 Å². The summed E-state index contributed by atoms with van der Waals surface area (Å²) in [6.07, 6.45) is 3.81. The number of esters is 1. The minimum Gasteiger partial charge on any atom is -0.467 e. The average molecular weight is 267 g/mol. The van der Waals surface area contributed by atoms with Crippen molar-refractivity contribution in [1.82, 2.24) is 4.98 Å². The van der Waals surface area contributed by atoms with Gasteiger partial charge in [0.15, 0.2) is 0 Å². The van der Waals surface area contributed by atoms with Crippen LogP contribution in [0.25, 0.3) is 0 Å². The zero-order chi connectivity index (χ0) is 14.5. The Kier molecular flexibility index (Phi) is 4.80. The first-order chi connectivity index (χ1) is 8.94. The van der Waals surface area contributed by atoms with E-state index in [1.54, 1.807) is 6.92 Å². The second kappa shape index (κ2) is 6.12. The Bertz CT molecular complexity index is 478. The Labute approximate surface area is 111 Å². The Morgan fingerprint density at radius 3 is 2.84 bits per heavy atom. The van der Waals surface area contributed by atoms with Crippen molar-refractivity contribution < 1.29 is 14.5 Å². The monoisotopic (exact) mass is 267 g/mol. The van der Waals surface area contributed by atoms with Crippen LogP contribution in [-0.4, -0.2) is 28.5 Å². The first kappa shape index (κ1) is 14.9. The SMILES string of the molecule is CCCC(C)(Nc1ccncc1[N+](=O)[O-])C(=O)OC. The van der Waals surface area contributed by atoms with E-state index in [2.05, 4.69) is 10.3 Å². The molecule has 0 saturated carbocycles. The molecule has 0 aliphatic carbocycles. The lowest BCUT2D eigenvalue weighted by molar-refractivity contribution is -0.384. The summed E-state index contributed by atoms with van der Waals surface area (Å²) in [4.78, 5) is 25.9. The summed E-state index contributed by atoms with van der Waals surface area (Å²) >= 11 is 0. The Morgan fingerprint density at radius 1 is 1.63 bits per heavy atom. The van der Waals surface area contributed by atoms with Gasteiger partial charge in [0.2, 0.25) is 0 Å². The van der Waals surface area contributed by atoms with E-state index < -0.39 is 16.4 Å². The molecule has 19 heavy (non-hydrogen) atoms. The number of nitro groups is 1. The van der Waals surface area contributed by atoms with Gasteiger partial charge in [-0.15, -0.1) is 0 Å². The Balaban J connectivity index is 3.10. The van der Waals surface area contributed by atoms with E-state index in [9.17, 15) is 14.9 Å². The summed E-state index contributed by atoms with van der Waals surface area (Å²) in [5.41, 5.74) is -0.926. The molecule has 1 rings (SSSR count). The van der Waals surface area contributed by atoms with Gasteiger partial charge in [-0.1, -0.05) is 13.3 Å². The lowest BCUT2D eigenvalue weighted by Crippen LogP contribution is -2.44. The average Bonchev–Trinajstić information content (AvgIpc) is 2.38. The van der Waals surface area contributed by atoms with Gasteiger partial charge in [-0.25, -0.2) is 4.79 Å². The molecule has 0 aliphatic rings. The lowest BCUT2D eigenvalue weighted by atomic mass is 9.95. The van der Waals surface area contributed by atoms with Crippen molar-refractivity contribution in [3.05, 3.63) is 28.6 Å². The largest absolute Gasteiger partial charge is 0.467 e. The summed E-state index contributed by atoms with van der Waals surface area (Å²) in [6, 6.07) is 1.47. The fourth-order valence-electron chi connectivity index (χ4n) is 1.88. The molecular formula is C12H17N3O4. The van der Waals surface area contributed by atoms with Gasteiger partial charge in [-0.3, -0.25) is 15.1 Å². The highest BCUT2D eigenvalue weighted by atomic mass is 16.6. The fourth-order valence-corrected chi connectivity index (χ4v) is 1.88. The summed E-state index contributed by atoms with van der Waals surface area (Å²) in [6.45, 7) is 3.58. The molecule has 1 aromatic rings. The van der Waals surface area contributed by atoms with Crippen LogP contribution in [0.4, 0.5) is 11.4 Å². The van der Waals surface area contributed by atoms with Gasteiger partial charge >= 0.3 is 11.7 Å². The topological polar surface area (TPSA) is 94.4 Å². The number of hydrogen-bond donors (Lipinski definition) is 1. The minimum absolute atomic E-state index is 0.172. The van der Waals surface area contributed by atoms with Gasteiger partial charge in [0.05, 0.1) is 12.0 Å². The molecule has 0 fully saturated rings. The molecule has 0 spiro atoms. The molecule has 1 atom stereocenters. The number of nitrogens with one attached hydrogen (secondary N) is 1. The molecule has 104 valence electrons. The number of aromatic nitrogens is 1. The Hall–Kier alpha value is -2.18. The number of methoxy groups -OCH3 is 1. The molecule has 0 bridgehead atoms. The molecule has 1 aromatic heterocycles. The zero-order valence-corrected chi connectivity index (χ0v) is 11.2. The number of nitrogens with zero attached hydrogens (tertiary/aromatic N) is 2. The normalized spacial score (nSPS) is 13.4. The lowest BCUT2D eigenvalue weighted by Gasteiger charge is -2.28. The van der Waals surface area contributed by atoms with Crippen molar-refractivity contribution in [3.63, 3.8) is 0 Å². The summed E-state index contributed by atoms with van der Waals surface area (Å²) in [5.74, 6) is -0.458. The second-order valence-corrected chi connectivity index (χ2v) is 4.35. The predicted molar refractivity (Wildman–Crippen MR) is 69.8 cm³/mol. The molecule has 0 aromatic carbocycles. The smallest absolute Gasteiger partial charge is 0.331 e. The standard InChI is InChI=1S/C12H17N3O4/c1-4-6-12(2,11(16)19-3)14-9-5-7-13-8-10(9)15(17)18/h5,7-8H,4,6H2,1-3H3,(H,13,14). The molecule has 1 unspecified atom stereocenters. The quantitative estimate of drug-likeness (QED) is 0.482. The van der Waals surface area contributed by atoms with Crippen LogP contribution in [0.15, 0.2) is 18.5 Å². The predicted octanol–water partition coefficient (Wildman–Crippen LogP) is 2.13. The minimum atomic E-state index is -1.00. The van der Waals surface area contributed by atoms with Crippen LogP contribution < -0.4 is 5.32 Å². The number of anilines is 1. The van der Waals surface area contributed by atoms with Gasteiger partial charge in [0.1, 0.15) is 17.4 Å². The van der Waals surface area contributed by atoms with Crippen LogP contribution in [0.1, 0.15) is 26.7 Å². The van der Waals surface area contributed by atoms with Crippen LogP contribution in [0.5, 0.6) is 0 Å². The number of pyridine rings is 1. The number of ether oxygens (including phenoxy) is 1. The molecular weight excluding hydrogens is 250 g/mol. The van der Waals surface area contributed by atoms with Crippen LogP contribution >= 0.6 is 0 Å². The fraction of sp³-hybridized carbons (Fsp3) is 0.500. The van der Waals surface area contributed by atoms with Gasteiger partial charge in [0, 0.05) is 6.20 Å². The van der Waals surface area contributed by atoms with Gasteiger partial charge in [-0.05, 0) is 19.4 Å². The molecule has 7 nitrogen and oxygen atoms in total. The maximum Gasteiger partial charge on any atom is 0.331 e. The van der Waals surface area contributed by atoms with Crippen molar-refractivity contribution >= 4 is 17.3 Å². The highest BCUT2D eigenvalue weighted by Gasteiger charge is 2.35. The summed E-state index contributed by atoms with van der Waals surface area (Å²) in [7, 11) is 1.29. The van der Waals surface area contributed by atoms with Crippen molar-refractivity contribution in [3.8, 4) is 0 Å². The molecule has 0 aliphatic heterocycles. The van der Waals surface area contributed by atoms with Gasteiger partial charge in [0.25, 0.3) is 0 Å². The second-order valence-electron chi connectivity index (χ2n) is 4.35. The molecule has 0 saturated heterocycles. The first-order valence-electron chi connectivity index (χ1n) is 5.89. The molecule has 1 heterocycles. The highest BCUT2D eigenvalue weighted by Crippen LogP contribution is 2.28. The van der Waals surface area contributed by atoms with Gasteiger partial charge in [-0.2, -0.15) is 0 Å². The highest BCUT2D eigenvalue weighted by molar-refractivity contribution is 5.85. The third-order valence-electron chi connectivity index (χ3n) is 2.79. The van der Waals surface area contributed by atoms with Crippen LogP contribution in [-0.2, 0) is 9.53 Å². The van der Waals surface area contributed by atoms with E-state index in [0.717, 1.165) is 12.6 Å². The number of hydrogen-bond acceptors (Lipinski definition) is 6. The molecule has 0 amide bonds. The maximum absolute atomic E-state index is 11.8. The number of carbonyl (C=O) groups is 1. The van der Waals surface area contributed by atoms with Crippen molar-refractivity contribution in [2.75, 3.05) is 12.4 Å². The number of carbonyl (C=O) groups excluding carboxylic acids is 1. The molecule has 7 heteroatoms. The van der Waals surface area contributed by atoms with E-state index in [1.165, 1.54) is 19.4 Å². The Morgan fingerprint density at radius 2 is 2.32 bits per heavy atom. The van der Waals surface area contributed by atoms with E-state index >= 15 is 0 Å². The van der Waals surface area contributed by atoms with Crippen molar-refractivity contribution in [1.29, 1.82) is 0 Å². The molecule has 1 N–H and O–H groups in total. The third-order valence-corrected chi connectivity index (χ3v) is 2.79. The van der Waals surface area contributed by atoms with Crippen molar-refractivity contribution in [2.45, 2.75) is 32.2 Å². The van der Waals surface area contributed by atoms with Crippen LogP contribution in [0.3, 0.4) is 0 Å². The first-order valence-corrected chi connectivity index (χ1v) is 5.89. The zero-order valence-electron chi connectivity index (χ0n) is 11.2. The van der Waals surface area contributed by atoms with Crippen molar-refractivity contribution in [2.24, 2.45) is 0 Å². The molecule has 0 radical (unpaired) electrons. The van der Waals surface area contributed by atoms with E-state index in [-0.39, 0.29) is 11.4 Å². The number of rotatable bonds is 6. The third kappa shape index (κ3) is 3.40. The van der Waals surface area contributed by atoms with E-state index in [1.807, 2.05) is 6.92 Å². The summed E-state index contributed by atoms with van der Waals surface area (Å²) in [5, 5.41) is 13.8. The van der Waals surface area contributed by atoms with Gasteiger partial charge < -0.3 is 10.1 Å². The summed E-state index contributed by atoms with van der Waals surface area (Å²) < 4.78 is 4.75. The van der Waals surface area contributed by atoms with Crippen LogP contribution in [0, 0.1) is 10.1 Å².